The van der Waals surface area contributed by atoms with Gasteiger partial charge >= 0.3 is 0 Å². The van der Waals surface area contributed by atoms with Gasteiger partial charge in [-0.3, -0.25) is 9.98 Å². The minimum absolute atomic E-state index is 0. The molecule has 0 saturated carbocycles. The molecule has 1 aromatic carbocycles. The first-order valence-electron chi connectivity index (χ1n) is 8.34. The zero-order valence-corrected chi connectivity index (χ0v) is 17.9. The van der Waals surface area contributed by atoms with Crippen molar-refractivity contribution < 1.29 is 4.74 Å². The third kappa shape index (κ3) is 7.17. The Kier molecular flexibility index (Phi) is 9.97. The minimum Gasteiger partial charge on any atom is -0.497 e. The molecule has 7 heteroatoms. The number of hydrogen-bond acceptors (Lipinski definition) is 4. The molecule has 0 amide bonds. The first-order chi connectivity index (χ1) is 12.1. The standard InChI is InChI=1S/C19H27N5O.HI/c1-24(2)18(15-7-6-9-17(13-15)25-3)14-23-19(20)22-12-10-16-8-4-5-11-21-16;/h4-9,11,13,18H,10,12,14H2,1-3H3,(H3,20,22,23);1H. The van der Waals surface area contributed by atoms with Crippen LogP contribution in [0.5, 0.6) is 5.75 Å². The predicted molar refractivity (Wildman–Crippen MR) is 117 cm³/mol. The number of benzene rings is 1. The summed E-state index contributed by atoms with van der Waals surface area (Å²) in [4.78, 5) is 10.9. The Morgan fingerprint density at radius 2 is 2.08 bits per heavy atom. The number of aliphatic imine (C=N–C) groups is 1. The number of ether oxygens (including phenoxy) is 1. The Labute approximate surface area is 172 Å². The average Bonchev–Trinajstić information content (AvgIpc) is 2.62. The summed E-state index contributed by atoms with van der Waals surface area (Å²) in [6, 6.07) is 14.1. The van der Waals surface area contributed by atoms with Crippen LogP contribution in [0.25, 0.3) is 0 Å². The summed E-state index contributed by atoms with van der Waals surface area (Å²) < 4.78 is 5.31. The van der Waals surface area contributed by atoms with Gasteiger partial charge in [0, 0.05) is 24.9 Å². The molecule has 0 aliphatic heterocycles. The number of guanidine groups is 1. The first-order valence-corrected chi connectivity index (χ1v) is 8.34. The molecule has 0 saturated heterocycles. The van der Waals surface area contributed by atoms with Crippen LogP contribution in [0.3, 0.4) is 0 Å². The van der Waals surface area contributed by atoms with Crippen LogP contribution in [0.1, 0.15) is 17.3 Å². The van der Waals surface area contributed by atoms with Gasteiger partial charge < -0.3 is 20.7 Å². The Morgan fingerprint density at radius 1 is 1.27 bits per heavy atom. The normalized spacial score (nSPS) is 12.4. The highest BCUT2D eigenvalue weighted by Crippen LogP contribution is 2.22. The molecule has 142 valence electrons. The molecular formula is C19H28IN5O. The molecule has 6 nitrogen and oxygen atoms in total. The molecule has 3 N–H and O–H groups in total. The van der Waals surface area contributed by atoms with E-state index in [0.29, 0.717) is 19.0 Å². The van der Waals surface area contributed by atoms with Crippen molar-refractivity contribution >= 4 is 29.9 Å². The van der Waals surface area contributed by atoms with Gasteiger partial charge in [0.05, 0.1) is 19.7 Å². The van der Waals surface area contributed by atoms with Crippen LogP contribution < -0.4 is 15.8 Å². The zero-order valence-electron chi connectivity index (χ0n) is 15.6. The molecule has 1 heterocycles. The first kappa shape index (κ1) is 22.2. The Balaban J connectivity index is 0.00000338. The molecule has 0 aliphatic rings. The quantitative estimate of drug-likeness (QED) is 0.353. The van der Waals surface area contributed by atoms with Crippen LogP contribution in [-0.4, -0.2) is 50.1 Å². The van der Waals surface area contributed by atoms with Crippen molar-refractivity contribution in [2.45, 2.75) is 12.5 Å². The van der Waals surface area contributed by atoms with Gasteiger partial charge in [-0.05, 0) is 43.9 Å². The largest absolute Gasteiger partial charge is 0.497 e. The van der Waals surface area contributed by atoms with E-state index in [2.05, 4.69) is 26.3 Å². The van der Waals surface area contributed by atoms with Crippen molar-refractivity contribution in [1.82, 2.24) is 15.2 Å². The van der Waals surface area contributed by atoms with Crippen molar-refractivity contribution in [2.24, 2.45) is 10.7 Å². The second-order valence-electron chi connectivity index (χ2n) is 5.98. The fourth-order valence-electron chi connectivity index (χ4n) is 2.52. The lowest BCUT2D eigenvalue weighted by Gasteiger charge is -2.23. The van der Waals surface area contributed by atoms with Crippen molar-refractivity contribution in [3.8, 4) is 5.75 Å². The summed E-state index contributed by atoms with van der Waals surface area (Å²) >= 11 is 0. The number of rotatable bonds is 8. The van der Waals surface area contributed by atoms with E-state index < -0.39 is 0 Å². The summed E-state index contributed by atoms with van der Waals surface area (Å²) in [7, 11) is 5.74. The van der Waals surface area contributed by atoms with Gasteiger partial charge in [-0.2, -0.15) is 0 Å². The zero-order chi connectivity index (χ0) is 18.1. The predicted octanol–water partition coefficient (Wildman–Crippen LogP) is 2.46. The van der Waals surface area contributed by atoms with Gasteiger partial charge in [0.2, 0.25) is 0 Å². The van der Waals surface area contributed by atoms with Crippen molar-refractivity contribution in [3.05, 3.63) is 59.9 Å². The van der Waals surface area contributed by atoms with Crippen molar-refractivity contribution in [3.63, 3.8) is 0 Å². The molecule has 0 fully saturated rings. The topological polar surface area (TPSA) is 75.8 Å². The van der Waals surface area contributed by atoms with E-state index in [4.69, 9.17) is 10.5 Å². The molecular weight excluding hydrogens is 441 g/mol. The van der Waals surface area contributed by atoms with Crippen LogP contribution >= 0.6 is 24.0 Å². The van der Waals surface area contributed by atoms with Crippen molar-refractivity contribution in [1.29, 1.82) is 0 Å². The molecule has 1 aromatic heterocycles. The number of nitrogens with one attached hydrogen (secondary N) is 1. The van der Waals surface area contributed by atoms with Gasteiger partial charge in [0.1, 0.15) is 5.75 Å². The summed E-state index contributed by atoms with van der Waals surface area (Å²) in [5, 5.41) is 3.14. The monoisotopic (exact) mass is 469 g/mol. The van der Waals surface area contributed by atoms with Crippen molar-refractivity contribution in [2.75, 3.05) is 34.3 Å². The van der Waals surface area contributed by atoms with E-state index in [1.165, 1.54) is 0 Å². The number of aromatic nitrogens is 1. The summed E-state index contributed by atoms with van der Waals surface area (Å²) in [6.45, 7) is 1.28. The third-order valence-corrected chi connectivity index (χ3v) is 3.95. The Bertz CT molecular complexity index is 679. The van der Waals surface area contributed by atoms with Gasteiger partial charge in [0.15, 0.2) is 5.96 Å². The fraction of sp³-hybridized carbons (Fsp3) is 0.368. The maximum Gasteiger partial charge on any atom is 0.188 e. The molecule has 0 radical (unpaired) electrons. The van der Waals surface area contributed by atoms with Crippen LogP contribution in [0, 0.1) is 0 Å². The number of halogens is 1. The van der Waals surface area contributed by atoms with E-state index in [9.17, 15) is 0 Å². The number of nitrogens with two attached hydrogens (primary N) is 1. The lowest BCUT2D eigenvalue weighted by atomic mass is 10.1. The van der Waals surface area contributed by atoms with E-state index in [-0.39, 0.29) is 30.0 Å². The average molecular weight is 469 g/mol. The third-order valence-electron chi connectivity index (χ3n) is 3.95. The van der Waals surface area contributed by atoms with Crippen LogP contribution in [0.15, 0.2) is 53.7 Å². The van der Waals surface area contributed by atoms with Gasteiger partial charge in [-0.15, -0.1) is 24.0 Å². The van der Waals surface area contributed by atoms with Gasteiger partial charge in [-0.25, -0.2) is 0 Å². The number of pyridine rings is 1. The number of hydrogen-bond donors (Lipinski definition) is 2. The SMILES string of the molecule is COc1cccc(C(CN=C(N)NCCc2ccccn2)N(C)C)c1.I. The van der Waals surface area contributed by atoms with Gasteiger partial charge in [0.25, 0.3) is 0 Å². The lowest BCUT2D eigenvalue weighted by molar-refractivity contribution is 0.305. The van der Waals surface area contributed by atoms with E-state index in [1.54, 1.807) is 13.3 Å². The number of methoxy groups -OCH3 is 1. The number of likely N-dealkylation sites (N-methyl/N-ethyl adjacent to an activating group) is 1. The highest BCUT2D eigenvalue weighted by Gasteiger charge is 2.14. The second-order valence-corrected chi connectivity index (χ2v) is 5.98. The summed E-state index contributed by atoms with van der Waals surface area (Å²) in [6.07, 6.45) is 2.60. The van der Waals surface area contributed by atoms with E-state index in [0.717, 1.165) is 23.4 Å². The Morgan fingerprint density at radius 3 is 2.73 bits per heavy atom. The molecule has 2 rings (SSSR count). The molecule has 2 aromatic rings. The summed E-state index contributed by atoms with van der Waals surface area (Å²) in [5.41, 5.74) is 8.18. The lowest BCUT2D eigenvalue weighted by Crippen LogP contribution is -2.34. The molecule has 26 heavy (non-hydrogen) atoms. The van der Waals surface area contributed by atoms with Gasteiger partial charge in [-0.1, -0.05) is 18.2 Å². The fourth-order valence-corrected chi connectivity index (χ4v) is 2.52. The highest BCUT2D eigenvalue weighted by molar-refractivity contribution is 14.0. The second kappa shape index (κ2) is 11.7. The van der Waals surface area contributed by atoms with Crippen LogP contribution in [0.4, 0.5) is 0 Å². The van der Waals surface area contributed by atoms with Crippen LogP contribution in [-0.2, 0) is 6.42 Å². The van der Waals surface area contributed by atoms with E-state index in [1.807, 2.05) is 50.5 Å². The maximum absolute atomic E-state index is 6.00. The molecule has 1 unspecified atom stereocenters. The molecule has 0 aliphatic carbocycles. The smallest absolute Gasteiger partial charge is 0.188 e. The molecule has 0 bridgehead atoms. The maximum atomic E-state index is 6.00. The number of nitrogens with zero attached hydrogens (tertiary/aromatic N) is 3. The highest BCUT2D eigenvalue weighted by atomic mass is 127. The molecule has 1 atom stereocenters. The van der Waals surface area contributed by atoms with E-state index >= 15 is 0 Å². The summed E-state index contributed by atoms with van der Waals surface area (Å²) in [5.74, 6) is 1.29. The molecule has 0 spiro atoms. The Hall–Kier alpha value is -1.87. The van der Waals surface area contributed by atoms with Crippen LogP contribution in [0.2, 0.25) is 0 Å². The minimum atomic E-state index is 0.